The zero-order chi connectivity index (χ0) is 16.1. The van der Waals surface area contributed by atoms with Gasteiger partial charge >= 0.3 is 0 Å². The van der Waals surface area contributed by atoms with Crippen molar-refractivity contribution in [2.75, 3.05) is 33.4 Å². The maximum Gasteiger partial charge on any atom is 0.246 e. The van der Waals surface area contributed by atoms with Crippen LogP contribution < -0.4 is 5.32 Å². The Morgan fingerprint density at radius 3 is 2.91 bits per heavy atom. The number of aliphatic hydroxyl groups excluding tert-OH is 1. The molecule has 2 N–H and O–H groups in total. The Labute approximate surface area is 127 Å². The number of nitrogens with zero attached hydrogens (tertiary/aromatic N) is 1. The second-order valence-electron chi connectivity index (χ2n) is 5.46. The average molecular weight is 314 g/mol. The number of aliphatic hydroxyl groups is 1. The largest absolute Gasteiger partial charge is 0.396 e. The van der Waals surface area contributed by atoms with E-state index >= 15 is 0 Å². The molecule has 2 atom stereocenters. The Morgan fingerprint density at radius 2 is 2.23 bits per heavy atom. The predicted octanol–water partition coefficient (Wildman–Crippen LogP) is 0.520. The number of rotatable bonds is 6. The molecule has 1 fully saturated rings. The molecule has 0 radical (unpaired) electrons. The predicted molar refractivity (Wildman–Crippen MR) is 76.0 cm³/mol. The fraction of sp³-hybridized carbons (Fsp3) is 0.533. The summed E-state index contributed by atoms with van der Waals surface area (Å²) in [6.07, 6.45) is 0. The van der Waals surface area contributed by atoms with Crippen LogP contribution >= 0.6 is 0 Å². The third kappa shape index (κ3) is 4.00. The lowest BCUT2D eigenvalue weighted by Crippen LogP contribution is -2.43. The number of ether oxygens (including phenoxy) is 1. The molecule has 1 heterocycles. The molecule has 0 aliphatic carbocycles. The van der Waals surface area contributed by atoms with E-state index in [1.54, 1.807) is 0 Å². The second-order valence-corrected chi connectivity index (χ2v) is 5.46. The molecule has 22 heavy (non-hydrogen) atoms. The zero-order valence-corrected chi connectivity index (χ0v) is 12.4. The molecule has 0 unspecified atom stereocenters. The average Bonchev–Trinajstić information content (AvgIpc) is 2.86. The van der Waals surface area contributed by atoms with Crippen LogP contribution in [0.1, 0.15) is 5.56 Å². The molecule has 1 saturated heterocycles. The lowest BCUT2D eigenvalue weighted by molar-refractivity contribution is -0.125. The van der Waals surface area contributed by atoms with Crippen molar-refractivity contribution in [3.05, 3.63) is 35.4 Å². The van der Waals surface area contributed by atoms with Crippen molar-refractivity contribution in [2.24, 2.45) is 5.92 Å². The highest BCUT2D eigenvalue weighted by molar-refractivity contribution is 5.77. The van der Waals surface area contributed by atoms with E-state index in [2.05, 4.69) is 5.32 Å². The minimum Gasteiger partial charge on any atom is -0.396 e. The topological polar surface area (TPSA) is 61.8 Å². The molecule has 5 nitrogen and oxygen atoms in total. The number of likely N-dealkylation sites (tertiary alicyclic amines) is 1. The van der Waals surface area contributed by atoms with Gasteiger partial charge in [-0.15, -0.1) is 0 Å². The monoisotopic (exact) mass is 314 g/mol. The van der Waals surface area contributed by atoms with Gasteiger partial charge in [0.25, 0.3) is 0 Å². The number of amides is 1. The van der Waals surface area contributed by atoms with E-state index in [1.165, 1.54) is 19.2 Å². The van der Waals surface area contributed by atoms with Crippen molar-refractivity contribution in [1.82, 2.24) is 10.2 Å². The van der Waals surface area contributed by atoms with Gasteiger partial charge in [-0.1, -0.05) is 12.1 Å². The molecule has 1 aliphatic rings. The minimum atomic E-state index is -0.875. The number of hydrogen-bond donors (Lipinski definition) is 2. The van der Waals surface area contributed by atoms with Crippen molar-refractivity contribution < 1.29 is 23.4 Å². The normalized spacial score (nSPS) is 22.0. The van der Waals surface area contributed by atoms with Crippen molar-refractivity contribution in [3.8, 4) is 0 Å². The van der Waals surface area contributed by atoms with E-state index in [9.17, 15) is 18.7 Å². The molecule has 2 rings (SSSR count). The molecule has 122 valence electrons. The summed E-state index contributed by atoms with van der Waals surface area (Å²) in [5, 5.41) is 12.2. The summed E-state index contributed by atoms with van der Waals surface area (Å²) >= 11 is 0. The van der Waals surface area contributed by atoms with Crippen LogP contribution in [-0.4, -0.2) is 55.4 Å². The fourth-order valence-corrected chi connectivity index (χ4v) is 2.73. The summed E-state index contributed by atoms with van der Waals surface area (Å²) < 4.78 is 31.7. The summed E-state index contributed by atoms with van der Waals surface area (Å²) in [5.41, 5.74) is 0.264. The number of carbonyl (C=O) groups is 1. The number of methoxy groups -OCH3 is 1. The maximum absolute atomic E-state index is 13.7. The van der Waals surface area contributed by atoms with Crippen LogP contribution in [-0.2, 0) is 16.1 Å². The van der Waals surface area contributed by atoms with Crippen LogP contribution in [0, 0.1) is 17.6 Å². The molecule has 1 aromatic carbocycles. The quantitative estimate of drug-likeness (QED) is 0.804. The van der Waals surface area contributed by atoms with E-state index in [0.29, 0.717) is 13.1 Å². The first-order valence-corrected chi connectivity index (χ1v) is 7.09. The number of hydrogen-bond acceptors (Lipinski definition) is 4. The van der Waals surface area contributed by atoms with Crippen LogP contribution in [0.5, 0.6) is 0 Å². The van der Waals surface area contributed by atoms with Crippen LogP contribution in [0.25, 0.3) is 0 Å². The first-order chi connectivity index (χ1) is 10.5. The minimum absolute atomic E-state index is 0.0484. The highest BCUT2D eigenvalue weighted by Gasteiger charge is 2.33. The number of carbonyl (C=O) groups excluding carboxylic acids is 1. The second kappa shape index (κ2) is 7.62. The molecule has 1 amide bonds. The standard InChI is InChI=1S/C15H20F2N2O3/c1-22-9-14(21)18-13-7-19(6-11(13)8-20)5-10-3-2-4-12(16)15(10)17/h2-4,11,13,20H,5-9H2,1H3,(H,18,21)/t11-,13+/m0/s1. The van der Waals surface area contributed by atoms with Gasteiger partial charge in [0, 0.05) is 50.9 Å². The third-order valence-electron chi connectivity index (χ3n) is 3.80. The summed E-state index contributed by atoms with van der Waals surface area (Å²) in [6.45, 7) is 1.07. The van der Waals surface area contributed by atoms with Gasteiger partial charge in [-0.05, 0) is 6.07 Å². The maximum atomic E-state index is 13.7. The smallest absolute Gasteiger partial charge is 0.246 e. The summed E-state index contributed by atoms with van der Waals surface area (Å²) in [7, 11) is 1.43. The SMILES string of the molecule is COCC(=O)N[C@@H]1CN(Cc2cccc(F)c2F)C[C@H]1CO. The highest BCUT2D eigenvalue weighted by Crippen LogP contribution is 2.21. The molecule has 1 aromatic rings. The van der Waals surface area contributed by atoms with Gasteiger partial charge in [0.1, 0.15) is 6.61 Å². The third-order valence-corrected chi connectivity index (χ3v) is 3.80. The van der Waals surface area contributed by atoms with E-state index < -0.39 is 11.6 Å². The Balaban J connectivity index is 1.99. The molecular weight excluding hydrogens is 294 g/mol. The lowest BCUT2D eigenvalue weighted by Gasteiger charge is -2.18. The number of benzene rings is 1. The van der Waals surface area contributed by atoms with Gasteiger partial charge in [0.15, 0.2) is 11.6 Å². The molecule has 7 heteroatoms. The number of nitrogens with one attached hydrogen (secondary N) is 1. The fourth-order valence-electron chi connectivity index (χ4n) is 2.73. The van der Waals surface area contributed by atoms with E-state index in [4.69, 9.17) is 4.74 Å². The van der Waals surface area contributed by atoms with Crippen LogP contribution in [0.2, 0.25) is 0 Å². The van der Waals surface area contributed by atoms with E-state index in [0.717, 1.165) is 6.07 Å². The zero-order valence-electron chi connectivity index (χ0n) is 12.4. The lowest BCUT2D eigenvalue weighted by atomic mass is 10.1. The van der Waals surface area contributed by atoms with Gasteiger partial charge in [0.05, 0.1) is 0 Å². The first-order valence-electron chi connectivity index (χ1n) is 7.09. The Kier molecular flexibility index (Phi) is 5.82. The van der Waals surface area contributed by atoms with Gasteiger partial charge in [-0.25, -0.2) is 8.78 Å². The highest BCUT2D eigenvalue weighted by atomic mass is 19.2. The molecule has 0 aromatic heterocycles. The van der Waals surface area contributed by atoms with Gasteiger partial charge < -0.3 is 15.2 Å². The number of halogens is 2. The van der Waals surface area contributed by atoms with E-state index in [-0.39, 0.29) is 43.2 Å². The Bertz CT molecular complexity index is 528. The summed E-state index contributed by atoms with van der Waals surface area (Å²) in [6, 6.07) is 3.84. The van der Waals surface area contributed by atoms with Crippen molar-refractivity contribution >= 4 is 5.91 Å². The van der Waals surface area contributed by atoms with Crippen LogP contribution in [0.3, 0.4) is 0 Å². The summed E-state index contributed by atoms with van der Waals surface area (Å²) in [4.78, 5) is 13.5. The Morgan fingerprint density at radius 1 is 1.45 bits per heavy atom. The van der Waals surface area contributed by atoms with E-state index in [1.807, 2.05) is 4.90 Å². The molecule has 0 bridgehead atoms. The molecular formula is C15H20F2N2O3. The van der Waals surface area contributed by atoms with Gasteiger partial charge in [-0.3, -0.25) is 9.69 Å². The molecule has 1 aliphatic heterocycles. The van der Waals surface area contributed by atoms with Crippen LogP contribution in [0.15, 0.2) is 18.2 Å². The van der Waals surface area contributed by atoms with Gasteiger partial charge in [-0.2, -0.15) is 0 Å². The first kappa shape index (κ1) is 16.8. The summed E-state index contributed by atoms with van der Waals surface area (Å²) in [5.74, 6) is -2.13. The molecule has 0 saturated carbocycles. The van der Waals surface area contributed by atoms with Gasteiger partial charge in [0.2, 0.25) is 5.91 Å². The van der Waals surface area contributed by atoms with Crippen molar-refractivity contribution in [1.29, 1.82) is 0 Å². The van der Waals surface area contributed by atoms with Crippen LogP contribution in [0.4, 0.5) is 8.78 Å². The van der Waals surface area contributed by atoms with Crippen molar-refractivity contribution in [3.63, 3.8) is 0 Å². The Hall–Kier alpha value is -1.57. The van der Waals surface area contributed by atoms with Crippen molar-refractivity contribution in [2.45, 2.75) is 12.6 Å². The molecule has 0 spiro atoms.